The van der Waals surface area contributed by atoms with Gasteiger partial charge in [-0.2, -0.15) is 0 Å². The molecule has 1 amide bonds. The molecule has 0 radical (unpaired) electrons. The number of ether oxygens (including phenoxy) is 1. The van der Waals surface area contributed by atoms with Crippen LogP contribution < -0.4 is 5.32 Å². The number of amides is 1. The summed E-state index contributed by atoms with van der Waals surface area (Å²) < 4.78 is 5.62. The SMILES string of the molecule is O=C(NCCCOCc1ccccc1)c1ccccc1C(=O)c1ccccc1. The van der Waals surface area contributed by atoms with Crippen LogP contribution in [0.15, 0.2) is 84.9 Å². The largest absolute Gasteiger partial charge is 0.377 e. The molecule has 4 nitrogen and oxygen atoms in total. The summed E-state index contributed by atoms with van der Waals surface area (Å²) in [6, 6.07) is 25.8. The van der Waals surface area contributed by atoms with Crippen LogP contribution in [0.3, 0.4) is 0 Å². The van der Waals surface area contributed by atoms with Crippen molar-refractivity contribution in [3.05, 3.63) is 107 Å². The molecule has 0 saturated heterocycles. The lowest BCUT2D eigenvalue weighted by molar-refractivity contribution is 0.0925. The normalized spacial score (nSPS) is 10.4. The molecular weight excluding hydrogens is 350 g/mol. The van der Waals surface area contributed by atoms with Gasteiger partial charge in [0.2, 0.25) is 0 Å². The van der Waals surface area contributed by atoms with E-state index in [-0.39, 0.29) is 11.7 Å². The molecule has 0 aliphatic heterocycles. The molecule has 3 rings (SSSR count). The van der Waals surface area contributed by atoms with Crippen molar-refractivity contribution < 1.29 is 14.3 Å². The van der Waals surface area contributed by atoms with Gasteiger partial charge < -0.3 is 10.1 Å². The average Bonchev–Trinajstić information content (AvgIpc) is 2.77. The number of benzene rings is 3. The van der Waals surface area contributed by atoms with Crippen LogP contribution in [-0.4, -0.2) is 24.8 Å². The Labute approximate surface area is 165 Å². The van der Waals surface area contributed by atoms with Crippen LogP contribution in [-0.2, 0) is 11.3 Å². The number of ketones is 1. The zero-order valence-corrected chi connectivity index (χ0v) is 15.6. The molecule has 0 atom stereocenters. The van der Waals surface area contributed by atoms with E-state index in [1.54, 1.807) is 36.4 Å². The Balaban J connectivity index is 1.50. The molecule has 0 spiro atoms. The van der Waals surface area contributed by atoms with Gasteiger partial charge in [0.25, 0.3) is 5.91 Å². The third kappa shape index (κ3) is 5.38. The fourth-order valence-electron chi connectivity index (χ4n) is 2.86. The van der Waals surface area contributed by atoms with Gasteiger partial charge in [0.05, 0.1) is 12.2 Å². The van der Waals surface area contributed by atoms with Gasteiger partial charge >= 0.3 is 0 Å². The van der Waals surface area contributed by atoms with Crippen LogP contribution in [0.1, 0.15) is 38.3 Å². The van der Waals surface area contributed by atoms with Gasteiger partial charge in [-0.25, -0.2) is 0 Å². The fourth-order valence-corrected chi connectivity index (χ4v) is 2.86. The molecule has 3 aromatic carbocycles. The van der Waals surface area contributed by atoms with Gasteiger partial charge in [-0.3, -0.25) is 9.59 Å². The van der Waals surface area contributed by atoms with Gasteiger partial charge in [-0.1, -0.05) is 78.9 Å². The molecule has 1 N–H and O–H groups in total. The maximum atomic E-state index is 12.7. The van der Waals surface area contributed by atoms with Gasteiger partial charge in [-0.15, -0.1) is 0 Å². The van der Waals surface area contributed by atoms with Crippen molar-refractivity contribution in [1.29, 1.82) is 0 Å². The highest BCUT2D eigenvalue weighted by atomic mass is 16.5. The first-order chi connectivity index (χ1) is 13.8. The number of rotatable bonds is 9. The van der Waals surface area contributed by atoms with E-state index in [0.29, 0.717) is 42.9 Å². The minimum atomic E-state index is -0.247. The zero-order valence-electron chi connectivity index (χ0n) is 15.6. The summed E-state index contributed by atoms with van der Waals surface area (Å²) in [7, 11) is 0. The molecule has 0 fully saturated rings. The lowest BCUT2D eigenvalue weighted by atomic mass is 9.98. The lowest BCUT2D eigenvalue weighted by Gasteiger charge is -2.10. The van der Waals surface area contributed by atoms with Gasteiger partial charge in [0.1, 0.15) is 0 Å². The van der Waals surface area contributed by atoms with Crippen molar-refractivity contribution in [3.63, 3.8) is 0 Å². The molecule has 0 aliphatic carbocycles. The van der Waals surface area contributed by atoms with Crippen LogP contribution >= 0.6 is 0 Å². The highest BCUT2D eigenvalue weighted by Crippen LogP contribution is 2.14. The number of nitrogens with one attached hydrogen (secondary N) is 1. The highest BCUT2D eigenvalue weighted by Gasteiger charge is 2.17. The van der Waals surface area contributed by atoms with E-state index in [9.17, 15) is 9.59 Å². The second-order valence-electron chi connectivity index (χ2n) is 6.39. The quantitative estimate of drug-likeness (QED) is 0.450. The van der Waals surface area contributed by atoms with E-state index in [0.717, 1.165) is 5.56 Å². The van der Waals surface area contributed by atoms with Crippen molar-refractivity contribution >= 4 is 11.7 Å². The summed E-state index contributed by atoms with van der Waals surface area (Å²) in [4.78, 5) is 25.3. The van der Waals surface area contributed by atoms with Crippen molar-refractivity contribution in [3.8, 4) is 0 Å². The number of carbonyl (C=O) groups excluding carboxylic acids is 2. The van der Waals surface area contributed by atoms with Crippen molar-refractivity contribution in [2.24, 2.45) is 0 Å². The maximum Gasteiger partial charge on any atom is 0.252 e. The molecular formula is C24H23NO3. The second kappa shape index (κ2) is 10.2. The van der Waals surface area contributed by atoms with Crippen LogP contribution in [0, 0.1) is 0 Å². The first-order valence-corrected chi connectivity index (χ1v) is 9.34. The van der Waals surface area contributed by atoms with E-state index in [2.05, 4.69) is 5.32 Å². The first kappa shape index (κ1) is 19.5. The van der Waals surface area contributed by atoms with E-state index in [1.807, 2.05) is 48.5 Å². The van der Waals surface area contributed by atoms with Crippen LogP contribution in [0.4, 0.5) is 0 Å². The van der Waals surface area contributed by atoms with E-state index in [1.165, 1.54) is 0 Å². The summed E-state index contributed by atoms with van der Waals surface area (Å²) >= 11 is 0. The number of carbonyl (C=O) groups is 2. The molecule has 0 saturated carbocycles. The van der Waals surface area contributed by atoms with Crippen molar-refractivity contribution in [2.45, 2.75) is 13.0 Å². The lowest BCUT2D eigenvalue weighted by Crippen LogP contribution is -2.27. The van der Waals surface area contributed by atoms with E-state index >= 15 is 0 Å². The molecule has 0 heterocycles. The molecule has 0 aromatic heterocycles. The standard InChI is InChI=1S/C24H23NO3/c26-23(20-12-5-2-6-13-20)21-14-7-8-15-22(21)24(27)25-16-9-17-28-18-19-10-3-1-4-11-19/h1-8,10-15H,9,16-18H2,(H,25,27). The first-order valence-electron chi connectivity index (χ1n) is 9.34. The Hall–Kier alpha value is -3.24. The fraction of sp³-hybridized carbons (Fsp3) is 0.167. The van der Waals surface area contributed by atoms with Crippen LogP contribution in [0.25, 0.3) is 0 Å². The summed E-state index contributed by atoms with van der Waals surface area (Å²) in [6.45, 7) is 1.60. The summed E-state index contributed by atoms with van der Waals surface area (Å²) in [6.07, 6.45) is 0.702. The monoisotopic (exact) mass is 373 g/mol. The summed E-state index contributed by atoms with van der Waals surface area (Å²) in [5.41, 5.74) is 2.49. The minimum absolute atomic E-state index is 0.155. The van der Waals surface area contributed by atoms with Crippen molar-refractivity contribution in [2.75, 3.05) is 13.2 Å². The van der Waals surface area contributed by atoms with Gasteiger partial charge in [-0.05, 0) is 18.1 Å². The molecule has 0 unspecified atom stereocenters. The molecule has 0 aliphatic rings. The molecule has 28 heavy (non-hydrogen) atoms. The van der Waals surface area contributed by atoms with E-state index in [4.69, 9.17) is 4.74 Å². The molecule has 3 aromatic rings. The Morgan fingerprint density at radius 1 is 0.750 bits per heavy atom. The number of hydrogen-bond acceptors (Lipinski definition) is 3. The van der Waals surface area contributed by atoms with E-state index < -0.39 is 0 Å². The van der Waals surface area contributed by atoms with Crippen molar-refractivity contribution in [1.82, 2.24) is 5.32 Å². The number of hydrogen-bond donors (Lipinski definition) is 1. The Bertz CT molecular complexity index is 907. The third-order valence-electron chi connectivity index (χ3n) is 4.31. The molecule has 0 bridgehead atoms. The summed E-state index contributed by atoms with van der Waals surface area (Å²) in [5.74, 6) is -0.402. The average molecular weight is 373 g/mol. The second-order valence-corrected chi connectivity index (χ2v) is 6.39. The minimum Gasteiger partial charge on any atom is -0.377 e. The predicted molar refractivity (Wildman–Crippen MR) is 109 cm³/mol. The van der Waals surface area contributed by atoms with Gasteiger partial charge in [0.15, 0.2) is 5.78 Å². The topological polar surface area (TPSA) is 55.4 Å². The molecule has 142 valence electrons. The molecule has 4 heteroatoms. The zero-order chi connectivity index (χ0) is 19.6. The predicted octanol–water partition coefficient (Wildman–Crippen LogP) is 4.25. The van der Waals surface area contributed by atoms with Crippen LogP contribution in [0.5, 0.6) is 0 Å². The smallest absolute Gasteiger partial charge is 0.252 e. The summed E-state index contributed by atoms with van der Waals surface area (Å²) in [5, 5.41) is 2.87. The van der Waals surface area contributed by atoms with Gasteiger partial charge in [0, 0.05) is 24.3 Å². The highest BCUT2D eigenvalue weighted by molar-refractivity contribution is 6.15. The Kier molecular flexibility index (Phi) is 7.10. The Morgan fingerprint density at radius 3 is 2.07 bits per heavy atom. The third-order valence-corrected chi connectivity index (χ3v) is 4.31. The Morgan fingerprint density at radius 2 is 1.36 bits per heavy atom. The van der Waals surface area contributed by atoms with Crippen LogP contribution in [0.2, 0.25) is 0 Å². The maximum absolute atomic E-state index is 12.7.